The molecule has 6 heteroatoms. The SMILES string of the molecule is CC(C)(C)c1ccc(-c2cnc(Br)c(F)n2)c(O[Si](c2ccccc2)c2ccccc2)c1. The third-order valence-corrected chi connectivity index (χ3v) is 7.77. The Morgan fingerprint density at radius 2 is 1.47 bits per heavy atom. The fourth-order valence-electron chi connectivity index (χ4n) is 3.34. The zero-order chi connectivity index (χ0) is 22.7. The van der Waals surface area contributed by atoms with Crippen molar-refractivity contribution in [3.05, 3.63) is 101 Å². The van der Waals surface area contributed by atoms with Crippen molar-refractivity contribution in [3.8, 4) is 17.0 Å². The number of aromatic nitrogens is 2. The van der Waals surface area contributed by atoms with Crippen molar-refractivity contribution >= 4 is 35.3 Å². The summed E-state index contributed by atoms with van der Waals surface area (Å²) in [6, 6.07) is 26.5. The average Bonchev–Trinajstić information content (AvgIpc) is 2.80. The third kappa shape index (κ3) is 4.97. The summed E-state index contributed by atoms with van der Waals surface area (Å²) in [5.74, 6) is 0.0278. The lowest BCUT2D eigenvalue weighted by Gasteiger charge is -2.24. The molecule has 0 saturated heterocycles. The maximum Gasteiger partial charge on any atom is 0.352 e. The van der Waals surface area contributed by atoms with Gasteiger partial charge in [-0.25, -0.2) is 9.97 Å². The highest BCUT2D eigenvalue weighted by atomic mass is 79.9. The first-order valence-corrected chi connectivity index (χ1v) is 12.5. The Morgan fingerprint density at radius 1 is 0.875 bits per heavy atom. The molecule has 0 fully saturated rings. The van der Waals surface area contributed by atoms with Crippen LogP contribution in [0.4, 0.5) is 4.39 Å². The molecule has 4 rings (SSSR count). The predicted octanol–water partition coefficient (Wildman–Crippen LogP) is 5.53. The largest absolute Gasteiger partial charge is 0.532 e. The maximum atomic E-state index is 14.2. The van der Waals surface area contributed by atoms with Gasteiger partial charge in [-0.1, -0.05) is 87.5 Å². The summed E-state index contributed by atoms with van der Waals surface area (Å²) >= 11 is 3.08. The van der Waals surface area contributed by atoms with Crippen LogP contribution in [0.1, 0.15) is 26.3 Å². The molecule has 0 aliphatic carbocycles. The summed E-state index contributed by atoms with van der Waals surface area (Å²) in [5, 5.41) is 2.26. The molecule has 3 aromatic carbocycles. The van der Waals surface area contributed by atoms with Gasteiger partial charge in [-0.05, 0) is 49.4 Å². The van der Waals surface area contributed by atoms with E-state index in [2.05, 4.69) is 70.9 Å². The van der Waals surface area contributed by atoms with Gasteiger partial charge in [-0.15, -0.1) is 0 Å². The topological polar surface area (TPSA) is 35.0 Å². The quantitative estimate of drug-likeness (QED) is 0.334. The van der Waals surface area contributed by atoms with Gasteiger partial charge in [0.2, 0.25) is 5.95 Å². The summed E-state index contributed by atoms with van der Waals surface area (Å²) in [6.07, 6.45) is 1.56. The Morgan fingerprint density at radius 3 is 2.00 bits per heavy atom. The Kier molecular flexibility index (Phi) is 6.53. The molecule has 1 radical (unpaired) electrons. The Labute approximate surface area is 198 Å². The highest BCUT2D eigenvalue weighted by Gasteiger charge is 2.25. The number of nitrogens with zero attached hydrogens (tertiary/aromatic N) is 2. The van der Waals surface area contributed by atoms with Gasteiger partial charge in [-0.2, -0.15) is 4.39 Å². The molecule has 1 aromatic heterocycles. The fourth-order valence-corrected chi connectivity index (χ4v) is 5.48. The van der Waals surface area contributed by atoms with Crippen molar-refractivity contribution in [1.82, 2.24) is 9.97 Å². The van der Waals surface area contributed by atoms with E-state index >= 15 is 0 Å². The van der Waals surface area contributed by atoms with E-state index in [-0.39, 0.29) is 10.0 Å². The third-order valence-electron chi connectivity index (χ3n) is 5.10. The predicted molar refractivity (Wildman–Crippen MR) is 132 cm³/mol. The number of hydrogen-bond acceptors (Lipinski definition) is 3. The minimum Gasteiger partial charge on any atom is -0.532 e. The summed E-state index contributed by atoms with van der Waals surface area (Å²) in [4.78, 5) is 8.20. The molecule has 32 heavy (non-hydrogen) atoms. The Bertz CT molecular complexity index is 1170. The molecular weight excluding hydrogens is 483 g/mol. The number of rotatable bonds is 5. The van der Waals surface area contributed by atoms with E-state index in [9.17, 15) is 4.39 Å². The standard InChI is InChI=1S/C26H23BrFN2OSi/c1-26(2,3)18-14-15-21(22-17-29-24(27)25(28)30-22)23(16-18)31-32(19-10-6-4-7-11-19)20-12-8-5-9-13-20/h4-17H,1-3H3. The number of halogens is 2. The van der Waals surface area contributed by atoms with Crippen molar-refractivity contribution in [2.45, 2.75) is 26.2 Å². The molecule has 0 saturated carbocycles. The molecule has 161 valence electrons. The van der Waals surface area contributed by atoms with Crippen LogP contribution in [-0.4, -0.2) is 19.0 Å². The van der Waals surface area contributed by atoms with Crippen LogP contribution in [0.5, 0.6) is 5.75 Å². The summed E-state index contributed by atoms with van der Waals surface area (Å²) < 4.78 is 21.1. The first kappa shape index (κ1) is 22.4. The first-order valence-electron chi connectivity index (χ1n) is 10.3. The minimum absolute atomic E-state index is 0.0698. The van der Waals surface area contributed by atoms with E-state index in [1.165, 1.54) is 0 Å². The second-order valence-corrected chi connectivity index (χ2v) is 11.2. The molecule has 0 aliphatic rings. The van der Waals surface area contributed by atoms with E-state index in [1.807, 2.05) is 54.6 Å². The van der Waals surface area contributed by atoms with Crippen molar-refractivity contribution in [2.24, 2.45) is 0 Å². The molecule has 0 atom stereocenters. The maximum absolute atomic E-state index is 14.2. The highest BCUT2D eigenvalue weighted by molar-refractivity contribution is 9.10. The molecule has 0 unspecified atom stereocenters. The van der Waals surface area contributed by atoms with Crippen LogP contribution < -0.4 is 14.8 Å². The van der Waals surface area contributed by atoms with Gasteiger partial charge in [-0.3, -0.25) is 0 Å². The molecule has 1 heterocycles. The molecular formula is C26H23BrFN2OSi. The highest BCUT2D eigenvalue weighted by Crippen LogP contribution is 2.34. The molecule has 0 aliphatic heterocycles. The normalized spacial score (nSPS) is 11.6. The fraction of sp³-hybridized carbons (Fsp3) is 0.154. The van der Waals surface area contributed by atoms with Crippen LogP contribution in [0, 0.1) is 5.95 Å². The van der Waals surface area contributed by atoms with Gasteiger partial charge in [0, 0.05) is 5.56 Å². The van der Waals surface area contributed by atoms with Gasteiger partial charge in [0.15, 0.2) is 4.60 Å². The van der Waals surface area contributed by atoms with E-state index in [4.69, 9.17) is 4.43 Å². The average molecular weight is 506 g/mol. The lowest BCUT2D eigenvalue weighted by molar-refractivity contribution is 0.562. The minimum atomic E-state index is -1.61. The van der Waals surface area contributed by atoms with Crippen LogP contribution in [0.3, 0.4) is 0 Å². The van der Waals surface area contributed by atoms with Crippen molar-refractivity contribution in [1.29, 1.82) is 0 Å². The van der Waals surface area contributed by atoms with Crippen LogP contribution in [0.25, 0.3) is 11.3 Å². The van der Waals surface area contributed by atoms with E-state index in [1.54, 1.807) is 6.20 Å². The zero-order valence-corrected chi connectivity index (χ0v) is 20.7. The molecule has 3 nitrogen and oxygen atoms in total. The first-order chi connectivity index (χ1) is 15.3. The second kappa shape index (κ2) is 9.34. The van der Waals surface area contributed by atoms with E-state index in [0.717, 1.165) is 15.9 Å². The van der Waals surface area contributed by atoms with E-state index < -0.39 is 15.0 Å². The summed E-state index contributed by atoms with van der Waals surface area (Å²) in [5.41, 5.74) is 2.21. The number of benzene rings is 3. The molecule has 0 amide bonds. The van der Waals surface area contributed by atoms with Crippen LogP contribution in [0.15, 0.2) is 89.7 Å². The molecule has 0 bridgehead atoms. The van der Waals surface area contributed by atoms with Gasteiger partial charge in [0.05, 0.1) is 11.9 Å². The monoisotopic (exact) mass is 505 g/mol. The lowest BCUT2D eigenvalue weighted by atomic mass is 9.86. The van der Waals surface area contributed by atoms with Crippen LogP contribution in [-0.2, 0) is 5.41 Å². The van der Waals surface area contributed by atoms with Gasteiger partial charge < -0.3 is 4.43 Å². The molecule has 4 aromatic rings. The Hall–Kier alpha value is -2.83. The van der Waals surface area contributed by atoms with Crippen LogP contribution in [0.2, 0.25) is 0 Å². The van der Waals surface area contributed by atoms with Gasteiger partial charge >= 0.3 is 9.04 Å². The molecule has 0 spiro atoms. The lowest BCUT2D eigenvalue weighted by Crippen LogP contribution is -2.47. The second-order valence-electron chi connectivity index (χ2n) is 8.46. The van der Waals surface area contributed by atoms with Crippen molar-refractivity contribution in [3.63, 3.8) is 0 Å². The summed E-state index contributed by atoms with van der Waals surface area (Å²) in [7, 11) is -1.61. The van der Waals surface area contributed by atoms with Gasteiger partial charge in [0.25, 0.3) is 0 Å². The summed E-state index contributed by atoms with van der Waals surface area (Å²) in [6.45, 7) is 6.47. The van der Waals surface area contributed by atoms with Crippen molar-refractivity contribution < 1.29 is 8.82 Å². The van der Waals surface area contributed by atoms with E-state index in [0.29, 0.717) is 17.0 Å². The smallest absolute Gasteiger partial charge is 0.352 e. The zero-order valence-electron chi connectivity index (χ0n) is 18.1. The Balaban J connectivity index is 1.86. The van der Waals surface area contributed by atoms with Crippen molar-refractivity contribution in [2.75, 3.05) is 0 Å². The van der Waals surface area contributed by atoms with Crippen LogP contribution >= 0.6 is 15.9 Å². The molecule has 0 N–H and O–H groups in total. The number of hydrogen-bond donors (Lipinski definition) is 0. The van der Waals surface area contributed by atoms with Gasteiger partial charge in [0.1, 0.15) is 5.75 Å².